The minimum absolute atomic E-state index is 0.103. The Morgan fingerprint density at radius 1 is 1.00 bits per heavy atom. The standard InChI is InChI=1S/C15H8ClF2N/c16-14(11-7-4-8-13(17)15(11)18)12(9-19)10-5-2-1-3-6-10/h1-8H/b14-12+. The molecule has 0 amide bonds. The average Bonchev–Trinajstić information content (AvgIpc) is 2.44. The van der Waals surface area contributed by atoms with Gasteiger partial charge in [0.1, 0.15) is 6.07 Å². The van der Waals surface area contributed by atoms with Crippen molar-refractivity contribution < 1.29 is 8.78 Å². The van der Waals surface area contributed by atoms with Gasteiger partial charge in [0.15, 0.2) is 11.6 Å². The third-order valence-electron chi connectivity index (χ3n) is 2.58. The largest absolute Gasteiger partial charge is 0.204 e. The topological polar surface area (TPSA) is 23.8 Å². The second-order valence-corrected chi connectivity index (χ2v) is 4.15. The molecule has 4 heteroatoms. The molecule has 1 nitrogen and oxygen atoms in total. The fraction of sp³-hybridized carbons (Fsp3) is 0. The van der Waals surface area contributed by atoms with Gasteiger partial charge in [0, 0.05) is 5.56 Å². The van der Waals surface area contributed by atoms with E-state index in [0.717, 1.165) is 6.07 Å². The van der Waals surface area contributed by atoms with Gasteiger partial charge in [-0.25, -0.2) is 8.78 Å². The van der Waals surface area contributed by atoms with E-state index in [1.54, 1.807) is 30.3 Å². The van der Waals surface area contributed by atoms with Gasteiger partial charge in [-0.05, 0) is 11.6 Å². The number of benzene rings is 2. The predicted octanol–water partition coefficient (Wildman–Crippen LogP) is 4.60. The fourth-order valence-corrected chi connectivity index (χ4v) is 1.95. The van der Waals surface area contributed by atoms with Crippen molar-refractivity contribution in [3.63, 3.8) is 0 Å². The normalized spacial score (nSPS) is 11.7. The van der Waals surface area contributed by atoms with Crippen molar-refractivity contribution in [2.24, 2.45) is 0 Å². The summed E-state index contributed by atoms with van der Waals surface area (Å²) in [5.74, 6) is -2.06. The maximum Gasteiger partial charge on any atom is 0.167 e. The summed E-state index contributed by atoms with van der Waals surface area (Å²) < 4.78 is 26.8. The Kier molecular flexibility index (Phi) is 3.94. The molecule has 0 aliphatic heterocycles. The molecule has 0 atom stereocenters. The molecule has 0 unspecified atom stereocenters. The van der Waals surface area contributed by atoms with Crippen molar-refractivity contribution >= 4 is 22.2 Å². The molecule has 0 saturated heterocycles. The van der Waals surface area contributed by atoms with Gasteiger partial charge in [-0.2, -0.15) is 5.26 Å². The lowest BCUT2D eigenvalue weighted by Crippen LogP contribution is -1.93. The van der Waals surface area contributed by atoms with Crippen LogP contribution in [0, 0.1) is 23.0 Å². The Labute approximate surface area is 114 Å². The highest BCUT2D eigenvalue weighted by Crippen LogP contribution is 2.31. The third kappa shape index (κ3) is 2.64. The van der Waals surface area contributed by atoms with Crippen LogP contribution in [0.25, 0.3) is 10.6 Å². The van der Waals surface area contributed by atoms with E-state index in [2.05, 4.69) is 0 Å². The van der Waals surface area contributed by atoms with Crippen molar-refractivity contribution in [1.29, 1.82) is 5.26 Å². The van der Waals surface area contributed by atoms with Crippen molar-refractivity contribution in [3.8, 4) is 6.07 Å². The zero-order chi connectivity index (χ0) is 13.8. The quantitative estimate of drug-likeness (QED) is 0.581. The van der Waals surface area contributed by atoms with Crippen LogP contribution in [-0.4, -0.2) is 0 Å². The van der Waals surface area contributed by atoms with E-state index in [-0.39, 0.29) is 16.2 Å². The molecular weight excluding hydrogens is 268 g/mol. The number of hydrogen-bond donors (Lipinski definition) is 0. The number of rotatable bonds is 2. The molecule has 0 aromatic heterocycles. The van der Waals surface area contributed by atoms with Gasteiger partial charge in [-0.3, -0.25) is 0 Å². The summed E-state index contributed by atoms with van der Waals surface area (Å²) in [5, 5.41) is 9.06. The predicted molar refractivity (Wildman–Crippen MR) is 71.1 cm³/mol. The molecule has 0 spiro atoms. The maximum atomic E-state index is 13.7. The highest BCUT2D eigenvalue weighted by molar-refractivity contribution is 6.53. The minimum atomic E-state index is -1.06. The van der Waals surface area contributed by atoms with Crippen LogP contribution < -0.4 is 0 Å². The smallest absolute Gasteiger partial charge is 0.167 e. The lowest BCUT2D eigenvalue weighted by molar-refractivity contribution is 0.507. The third-order valence-corrected chi connectivity index (χ3v) is 2.97. The van der Waals surface area contributed by atoms with Crippen LogP contribution in [0.2, 0.25) is 0 Å². The first-order chi connectivity index (χ1) is 9.15. The Morgan fingerprint density at radius 2 is 1.68 bits per heavy atom. The molecule has 94 valence electrons. The molecule has 0 aliphatic carbocycles. The summed E-state index contributed by atoms with van der Waals surface area (Å²) in [6.07, 6.45) is 0. The van der Waals surface area contributed by atoms with Gasteiger partial charge in [-0.1, -0.05) is 54.1 Å². The van der Waals surface area contributed by atoms with Gasteiger partial charge in [-0.15, -0.1) is 0 Å². The first-order valence-electron chi connectivity index (χ1n) is 5.45. The van der Waals surface area contributed by atoms with Gasteiger partial charge in [0.05, 0.1) is 10.6 Å². The average molecular weight is 276 g/mol. The Bertz CT molecular complexity index is 672. The number of nitriles is 1. The maximum absolute atomic E-state index is 13.7. The second-order valence-electron chi connectivity index (χ2n) is 3.77. The highest BCUT2D eigenvalue weighted by atomic mass is 35.5. The van der Waals surface area contributed by atoms with Crippen LogP contribution in [0.15, 0.2) is 48.5 Å². The molecular formula is C15H8ClF2N. The Balaban J connectivity index is 2.63. The number of halogens is 3. The molecule has 0 radical (unpaired) electrons. The van der Waals surface area contributed by atoms with Crippen LogP contribution in [0.3, 0.4) is 0 Å². The number of hydrogen-bond acceptors (Lipinski definition) is 1. The van der Waals surface area contributed by atoms with Crippen LogP contribution in [-0.2, 0) is 0 Å². The summed E-state index contributed by atoms with van der Waals surface area (Å²) in [6, 6.07) is 14.2. The van der Waals surface area contributed by atoms with Crippen LogP contribution >= 0.6 is 11.6 Å². The van der Waals surface area contributed by atoms with Crippen molar-refractivity contribution in [2.75, 3.05) is 0 Å². The van der Waals surface area contributed by atoms with Crippen LogP contribution in [0.5, 0.6) is 0 Å². The summed E-state index contributed by atoms with van der Waals surface area (Å²) in [7, 11) is 0. The molecule has 0 fully saturated rings. The van der Waals surface area contributed by atoms with E-state index in [0.29, 0.717) is 5.56 Å². The molecule has 2 aromatic carbocycles. The summed E-state index contributed by atoms with van der Waals surface area (Å²) >= 11 is 6.03. The Hall–Kier alpha value is -2.18. The first-order valence-corrected chi connectivity index (χ1v) is 5.82. The summed E-state index contributed by atoms with van der Waals surface area (Å²) in [4.78, 5) is 0. The molecule has 0 aliphatic rings. The molecule has 0 N–H and O–H groups in total. The lowest BCUT2D eigenvalue weighted by atomic mass is 10.0. The number of nitrogens with zero attached hydrogens (tertiary/aromatic N) is 1. The van der Waals surface area contributed by atoms with Crippen LogP contribution in [0.1, 0.15) is 11.1 Å². The van der Waals surface area contributed by atoms with Crippen molar-refractivity contribution in [1.82, 2.24) is 0 Å². The summed E-state index contributed by atoms with van der Waals surface area (Å²) in [5.41, 5.74) is 0.535. The Morgan fingerprint density at radius 3 is 2.32 bits per heavy atom. The molecule has 2 aromatic rings. The molecule has 0 saturated carbocycles. The fourth-order valence-electron chi connectivity index (χ4n) is 1.65. The van der Waals surface area contributed by atoms with Gasteiger partial charge in [0.25, 0.3) is 0 Å². The van der Waals surface area contributed by atoms with E-state index in [1.165, 1.54) is 12.1 Å². The zero-order valence-corrected chi connectivity index (χ0v) is 10.5. The zero-order valence-electron chi connectivity index (χ0n) is 9.70. The lowest BCUT2D eigenvalue weighted by Gasteiger charge is -2.06. The molecule has 19 heavy (non-hydrogen) atoms. The van der Waals surface area contributed by atoms with E-state index in [1.807, 2.05) is 6.07 Å². The van der Waals surface area contributed by atoms with Crippen LogP contribution in [0.4, 0.5) is 8.78 Å². The monoisotopic (exact) mass is 275 g/mol. The highest BCUT2D eigenvalue weighted by Gasteiger charge is 2.15. The molecule has 2 rings (SSSR count). The van der Waals surface area contributed by atoms with Crippen molar-refractivity contribution in [2.45, 2.75) is 0 Å². The van der Waals surface area contributed by atoms with Gasteiger partial charge in [0.2, 0.25) is 0 Å². The van der Waals surface area contributed by atoms with E-state index >= 15 is 0 Å². The van der Waals surface area contributed by atoms with E-state index in [9.17, 15) is 8.78 Å². The number of allylic oxidation sites excluding steroid dienone is 1. The summed E-state index contributed by atoms with van der Waals surface area (Å²) in [6.45, 7) is 0. The van der Waals surface area contributed by atoms with Gasteiger partial charge < -0.3 is 0 Å². The van der Waals surface area contributed by atoms with E-state index in [4.69, 9.17) is 16.9 Å². The molecule has 0 bridgehead atoms. The van der Waals surface area contributed by atoms with Gasteiger partial charge >= 0.3 is 0 Å². The minimum Gasteiger partial charge on any atom is -0.204 e. The van der Waals surface area contributed by atoms with E-state index < -0.39 is 11.6 Å². The first kappa shape index (κ1) is 13.3. The van der Waals surface area contributed by atoms with Crippen molar-refractivity contribution in [3.05, 3.63) is 71.3 Å². The second kappa shape index (κ2) is 5.64. The molecule has 0 heterocycles. The SMILES string of the molecule is N#C/C(=C(\Cl)c1cccc(F)c1F)c1ccccc1.